The molecule has 7 nitrogen and oxygen atoms in total. The fraction of sp³-hybridized carbons (Fsp3) is 0.158. The molecule has 0 atom stereocenters. The molecule has 0 unspecified atom stereocenters. The fourth-order valence-electron chi connectivity index (χ4n) is 2.72. The van der Waals surface area contributed by atoms with Crippen molar-refractivity contribution in [2.24, 2.45) is 0 Å². The molecule has 0 aliphatic rings. The van der Waals surface area contributed by atoms with Crippen LogP contribution < -0.4 is 5.32 Å². The monoisotopic (exact) mass is 437 g/mol. The summed E-state index contributed by atoms with van der Waals surface area (Å²) in [5.74, 6) is -0.999. The number of aromatic nitrogens is 2. The summed E-state index contributed by atoms with van der Waals surface area (Å²) in [4.78, 5) is 16.7. The van der Waals surface area contributed by atoms with Crippen LogP contribution in [0.1, 0.15) is 10.4 Å². The minimum Gasteiger partial charge on any atom is -0.395 e. The van der Waals surface area contributed by atoms with Crippen LogP contribution in [0.5, 0.6) is 0 Å². The minimum absolute atomic E-state index is 0.0191. The van der Waals surface area contributed by atoms with Gasteiger partial charge in [0.05, 0.1) is 34.7 Å². The van der Waals surface area contributed by atoms with Crippen LogP contribution in [-0.4, -0.2) is 41.8 Å². The third-order valence-electron chi connectivity index (χ3n) is 4.05. The van der Waals surface area contributed by atoms with Gasteiger partial charge in [0, 0.05) is 29.7 Å². The second-order valence-electron chi connectivity index (χ2n) is 6.29. The summed E-state index contributed by atoms with van der Waals surface area (Å²) < 4.78 is 38.3. The summed E-state index contributed by atoms with van der Waals surface area (Å²) in [6.45, 7) is 0.0347. The van der Waals surface area contributed by atoms with Gasteiger partial charge < -0.3 is 15.0 Å². The van der Waals surface area contributed by atoms with Crippen molar-refractivity contribution in [3.05, 3.63) is 65.2 Å². The largest absolute Gasteiger partial charge is 0.395 e. The number of amides is 1. The molecular formula is C19H17ClFN3O4S. The third kappa shape index (κ3) is 5.00. The molecule has 0 saturated heterocycles. The van der Waals surface area contributed by atoms with Gasteiger partial charge in [0.1, 0.15) is 5.82 Å². The molecule has 2 N–H and O–H groups in total. The van der Waals surface area contributed by atoms with Crippen molar-refractivity contribution in [3.63, 3.8) is 0 Å². The number of aliphatic hydroxyl groups excluding tert-OH is 1. The van der Waals surface area contributed by atoms with Gasteiger partial charge in [-0.15, -0.1) is 0 Å². The Labute approximate surface area is 171 Å². The molecule has 10 heteroatoms. The lowest BCUT2D eigenvalue weighted by Crippen LogP contribution is -2.12. The Kier molecular flexibility index (Phi) is 6.02. The van der Waals surface area contributed by atoms with Gasteiger partial charge in [0.2, 0.25) is 0 Å². The van der Waals surface area contributed by atoms with E-state index in [1.54, 1.807) is 10.6 Å². The first-order chi connectivity index (χ1) is 13.7. The molecule has 0 aliphatic heterocycles. The van der Waals surface area contributed by atoms with E-state index in [2.05, 4.69) is 10.3 Å². The summed E-state index contributed by atoms with van der Waals surface area (Å²) in [6, 6.07) is 8.30. The van der Waals surface area contributed by atoms with Gasteiger partial charge in [-0.05, 0) is 36.4 Å². The molecule has 2 heterocycles. The number of carbonyl (C=O) groups is 1. The van der Waals surface area contributed by atoms with Crippen molar-refractivity contribution in [3.8, 4) is 11.4 Å². The minimum atomic E-state index is -3.50. The molecule has 2 aromatic heterocycles. The van der Waals surface area contributed by atoms with E-state index in [4.69, 9.17) is 11.6 Å². The van der Waals surface area contributed by atoms with Gasteiger partial charge in [-0.2, -0.15) is 0 Å². The summed E-state index contributed by atoms with van der Waals surface area (Å²) in [5, 5.41) is 12.1. The number of pyridine rings is 1. The number of halogens is 2. The topological polar surface area (TPSA) is 101 Å². The van der Waals surface area contributed by atoms with E-state index in [9.17, 15) is 22.7 Å². The van der Waals surface area contributed by atoms with E-state index in [0.717, 1.165) is 12.5 Å². The van der Waals surface area contributed by atoms with E-state index >= 15 is 0 Å². The molecule has 0 spiro atoms. The molecule has 0 aliphatic carbocycles. The predicted octanol–water partition coefficient (Wildman–Crippen LogP) is 2.99. The Balaban J connectivity index is 1.93. The molecule has 1 amide bonds. The smallest absolute Gasteiger partial charge is 0.257 e. The Morgan fingerprint density at radius 2 is 2.03 bits per heavy atom. The standard InChI is InChI=1S/C19H17ClFN3O4S/c1-29(27,28)16-8-13(20)7-15(9-16)23-19(26)12-6-18(24(11-12)4-5-25)17-3-2-14(21)10-22-17/h2-3,6-11,25H,4-5H2,1H3,(H,23,26). The molecular weight excluding hydrogens is 421 g/mol. The van der Waals surface area contributed by atoms with E-state index in [-0.39, 0.29) is 34.3 Å². The summed E-state index contributed by atoms with van der Waals surface area (Å²) in [6.07, 6.45) is 3.62. The summed E-state index contributed by atoms with van der Waals surface area (Å²) in [7, 11) is -3.50. The average Bonchev–Trinajstić information content (AvgIpc) is 3.05. The Morgan fingerprint density at radius 1 is 1.28 bits per heavy atom. The summed E-state index contributed by atoms with van der Waals surface area (Å²) in [5.41, 5.74) is 1.42. The Hall–Kier alpha value is -2.75. The normalized spacial score (nSPS) is 11.4. The molecule has 3 rings (SSSR count). The number of aliphatic hydroxyl groups is 1. The lowest BCUT2D eigenvalue weighted by Gasteiger charge is -2.07. The Morgan fingerprint density at radius 3 is 2.66 bits per heavy atom. The quantitative estimate of drug-likeness (QED) is 0.617. The Bertz CT molecular complexity index is 1160. The van der Waals surface area contributed by atoms with E-state index in [0.29, 0.717) is 11.4 Å². The van der Waals surface area contributed by atoms with E-state index < -0.39 is 21.6 Å². The van der Waals surface area contributed by atoms with Crippen LogP contribution >= 0.6 is 11.6 Å². The van der Waals surface area contributed by atoms with Crippen LogP contribution in [0.3, 0.4) is 0 Å². The van der Waals surface area contributed by atoms with Crippen molar-refractivity contribution in [1.82, 2.24) is 9.55 Å². The number of benzene rings is 1. The third-order valence-corrected chi connectivity index (χ3v) is 5.36. The molecule has 0 saturated carbocycles. The van der Waals surface area contributed by atoms with Gasteiger partial charge in [0.25, 0.3) is 5.91 Å². The number of carbonyl (C=O) groups excluding carboxylic acids is 1. The number of hydrogen-bond acceptors (Lipinski definition) is 5. The number of nitrogens with one attached hydrogen (secondary N) is 1. The second kappa shape index (κ2) is 8.32. The van der Waals surface area contributed by atoms with Crippen molar-refractivity contribution in [1.29, 1.82) is 0 Å². The number of rotatable bonds is 6. The van der Waals surface area contributed by atoms with Gasteiger partial charge >= 0.3 is 0 Å². The highest BCUT2D eigenvalue weighted by molar-refractivity contribution is 7.90. The molecule has 0 radical (unpaired) electrons. The first-order valence-corrected chi connectivity index (χ1v) is 10.7. The van der Waals surface area contributed by atoms with Gasteiger partial charge in [-0.3, -0.25) is 9.78 Å². The maximum Gasteiger partial charge on any atom is 0.257 e. The second-order valence-corrected chi connectivity index (χ2v) is 8.75. The SMILES string of the molecule is CS(=O)(=O)c1cc(Cl)cc(NC(=O)c2cc(-c3ccc(F)cn3)n(CCO)c2)c1. The predicted molar refractivity (Wildman–Crippen MR) is 107 cm³/mol. The van der Waals surface area contributed by atoms with Gasteiger partial charge in [-0.25, -0.2) is 12.8 Å². The number of hydrogen-bond donors (Lipinski definition) is 2. The number of nitrogens with zero attached hydrogens (tertiary/aromatic N) is 2. The van der Waals surface area contributed by atoms with Crippen LogP contribution in [0.25, 0.3) is 11.4 Å². The van der Waals surface area contributed by atoms with Crippen LogP contribution in [0, 0.1) is 5.82 Å². The number of sulfone groups is 1. The lowest BCUT2D eigenvalue weighted by molar-refractivity contribution is 0.102. The highest BCUT2D eigenvalue weighted by Gasteiger charge is 2.16. The molecule has 29 heavy (non-hydrogen) atoms. The highest BCUT2D eigenvalue weighted by Crippen LogP contribution is 2.25. The van der Waals surface area contributed by atoms with Crippen LogP contribution in [0.2, 0.25) is 5.02 Å². The fourth-order valence-corrected chi connectivity index (χ4v) is 3.70. The van der Waals surface area contributed by atoms with Crippen molar-refractivity contribution in [2.75, 3.05) is 18.2 Å². The molecule has 0 bridgehead atoms. The maximum atomic E-state index is 13.1. The molecule has 0 fully saturated rings. The van der Waals surface area contributed by atoms with Gasteiger partial charge in [-0.1, -0.05) is 11.6 Å². The lowest BCUT2D eigenvalue weighted by atomic mass is 10.2. The van der Waals surface area contributed by atoms with Gasteiger partial charge in [0.15, 0.2) is 9.84 Å². The average molecular weight is 438 g/mol. The summed E-state index contributed by atoms with van der Waals surface area (Å²) >= 11 is 5.96. The van der Waals surface area contributed by atoms with Crippen molar-refractivity contribution >= 4 is 33.0 Å². The van der Waals surface area contributed by atoms with Crippen LogP contribution in [0.4, 0.5) is 10.1 Å². The first kappa shape index (κ1) is 21.0. The molecule has 3 aromatic rings. The van der Waals surface area contributed by atoms with E-state index in [1.807, 2.05) is 0 Å². The zero-order valence-corrected chi connectivity index (χ0v) is 16.8. The number of anilines is 1. The van der Waals surface area contributed by atoms with Crippen LogP contribution in [-0.2, 0) is 16.4 Å². The molecule has 1 aromatic carbocycles. The molecule has 152 valence electrons. The van der Waals surface area contributed by atoms with Crippen molar-refractivity contribution in [2.45, 2.75) is 11.4 Å². The highest BCUT2D eigenvalue weighted by atomic mass is 35.5. The zero-order chi connectivity index (χ0) is 21.2. The zero-order valence-electron chi connectivity index (χ0n) is 15.3. The first-order valence-electron chi connectivity index (χ1n) is 8.42. The van der Waals surface area contributed by atoms with Crippen molar-refractivity contribution < 1.29 is 22.7 Å². The maximum absolute atomic E-state index is 13.1. The van der Waals surface area contributed by atoms with Crippen LogP contribution in [0.15, 0.2) is 53.7 Å². The van der Waals surface area contributed by atoms with E-state index in [1.165, 1.54) is 36.5 Å².